The first kappa shape index (κ1) is 17.6. The minimum atomic E-state index is -0.502. The van der Waals surface area contributed by atoms with E-state index in [1.807, 2.05) is 4.90 Å². The monoisotopic (exact) mass is 364 g/mol. The normalized spacial score (nSPS) is 29.4. The molecule has 7 heteroatoms. The van der Waals surface area contributed by atoms with E-state index in [-0.39, 0.29) is 23.6 Å². The summed E-state index contributed by atoms with van der Waals surface area (Å²) >= 11 is 0. The Hall–Kier alpha value is -1.83. The molecule has 0 saturated carbocycles. The predicted molar refractivity (Wildman–Crippen MR) is 93.4 cm³/mol. The van der Waals surface area contributed by atoms with Gasteiger partial charge in [0.1, 0.15) is 11.6 Å². The van der Waals surface area contributed by atoms with Crippen molar-refractivity contribution < 1.29 is 18.3 Å². The van der Waals surface area contributed by atoms with Crippen LogP contribution in [0.5, 0.6) is 0 Å². The van der Waals surface area contributed by atoms with Crippen molar-refractivity contribution in [2.75, 3.05) is 32.8 Å². The molecule has 26 heavy (non-hydrogen) atoms. The lowest BCUT2D eigenvalue weighted by atomic mass is 9.93. The van der Waals surface area contributed by atoms with Gasteiger partial charge in [-0.05, 0) is 35.8 Å². The van der Waals surface area contributed by atoms with Gasteiger partial charge in [0.05, 0.1) is 17.6 Å². The number of hydrogen-bond acceptors (Lipinski definition) is 3. The molecule has 1 aromatic rings. The minimum Gasteiger partial charge on any atom is -0.426 e. The van der Waals surface area contributed by atoms with E-state index in [0.717, 1.165) is 25.2 Å². The standard InChI is InChI=1S/C19H23F2N3O2/c1-11(25)23-6-12-8-24(9-13(12)7-23)15-5-18(22)19(26-10-15)16-4-14(20)2-3-17(16)21/h2-4,15,18-19H,5-10,22H2,1H3/p+1/t15-,18+,19-/m1/s1. The summed E-state index contributed by atoms with van der Waals surface area (Å²) in [4.78, 5) is 15.7. The number of nitrogens with two attached hydrogens (primary N) is 1. The van der Waals surface area contributed by atoms with E-state index < -0.39 is 17.7 Å². The van der Waals surface area contributed by atoms with Gasteiger partial charge in [-0.25, -0.2) is 8.78 Å². The van der Waals surface area contributed by atoms with Crippen LogP contribution in [0.4, 0.5) is 8.78 Å². The highest BCUT2D eigenvalue weighted by molar-refractivity contribution is 5.75. The Balaban J connectivity index is 1.38. The van der Waals surface area contributed by atoms with Gasteiger partial charge in [-0.1, -0.05) is 0 Å². The number of ether oxygens (including phenoxy) is 1. The summed E-state index contributed by atoms with van der Waals surface area (Å²) < 4.78 is 32.1. The zero-order valence-electron chi connectivity index (χ0n) is 14.8. The van der Waals surface area contributed by atoms with Gasteiger partial charge in [0.15, 0.2) is 12.7 Å². The molecule has 0 radical (unpaired) electrons. The Kier molecular flexibility index (Phi) is 4.54. The van der Waals surface area contributed by atoms with Crippen LogP contribution in [-0.4, -0.2) is 65.3 Å². The second-order valence-electron chi connectivity index (χ2n) is 7.52. The van der Waals surface area contributed by atoms with Crippen molar-refractivity contribution in [1.82, 2.24) is 9.80 Å². The third kappa shape index (κ3) is 3.15. The maximum Gasteiger partial charge on any atom is 0.220 e. The largest absolute Gasteiger partial charge is 0.426 e. The number of carbonyl (C=O) groups is 1. The molecule has 1 saturated heterocycles. The van der Waals surface area contributed by atoms with E-state index in [9.17, 15) is 13.6 Å². The molecule has 0 spiro atoms. The number of carbonyl (C=O) groups excluding carboxylic acids is 1. The summed E-state index contributed by atoms with van der Waals surface area (Å²) in [7, 11) is 0. The van der Waals surface area contributed by atoms with Crippen LogP contribution < -0.4 is 5.73 Å². The number of aliphatic hydroxyl groups is 2. The van der Waals surface area contributed by atoms with Gasteiger partial charge in [0.25, 0.3) is 0 Å². The lowest BCUT2D eigenvalue weighted by Crippen LogP contribution is -2.51. The van der Waals surface area contributed by atoms with Gasteiger partial charge < -0.3 is 15.4 Å². The number of halogens is 2. The van der Waals surface area contributed by atoms with Crippen molar-refractivity contribution in [2.45, 2.75) is 31.5 Å². The molecule has 1 aromatic carbocycles. The molecule has 5 nitrogen and oxygen atoms in total. The van der Waals surface area contributed by atoms with Crippen molar-refractivity contribution in [2.24, 2.45) is 5.73 Å². The van der Waals surface area contributed by atoms with Gasteiger partial charge in [-0.15, -0.1) is 0 Å². The van der Waals surface area contributed by atoms with Crippen molar-refractivity contribution in [3.05, 3.63) is 46.5 Å². The topological polar surface area (TPSA) is 62.4 Å². The average Bonchev–Trinajstić information content (AvgIpc) is 3.16. The summed E-state index contributed by atoms with van der Waals surface area (Å²) in [6.07, 6.45) is 0.193. The predicted octanol–water partition coefficient (Wildman–Crippen LogP) is 1.11. The highest BCUT2D eigenvalue weighted by Gasteiger charge is 2.41. The minimum absolute atomic E-state index is 0.112. The Bertz CT molecular complexity index is 749. The van der Waals surface area contributed by atoms with Crippen LogP contribution in [0.1, 0.15) is 25.0 Å². The Labute approximate surface area is 151 Å². The lowest BCUT2D eigenvalue weighted by molar-refractivity contribution is -0.169. The van der Waals surface area contributed by atoms with E-state index in [0.29, 0.717) is 26.1 Å². The van der Waals surface area contributed by atoms with E-state index >= 15 is 0 Å². The zero-order valence-corrected chi connectivity index (χ0v) is 14.8. The fourth-order valence-electron chi connectivity index (χ4n) is 4.31. The third-order valence-electron chi connectivity index (χ3n) is 5.75. The highest BCUT2D eigenvalue weighted by atomic mass is 19.1. The van der Waals surface area contributed by atoms with Crippen LogP contribution in [0.15, 0.2) is 29.3 Å². The van der Waals surface area contributed by atoms with Crippen LogP contribution in [0.25, 0.3) is 0 Å². The van der Waals surface area contributed by atoms with E-state index in [2.05, 4.69) is 9.64 Å². The molecule has 3 aliphatic rings. The molecule has 3 heterocycles. The van der Waals surface area contributed by atoms with Crippen LogP contribution >= 0.6 is 0 Å². The fourth-order valence-corrected chi connectivity index (χ4v) is 4.31. The number of amides is 1. The first-order chi connectivity index (χ1) is 12.4. The molecule has 140 valence electrons. The van der Waals surface area contributed by atoms with E-state index in [4.69, 9.17) is 5.73 Å². The van der Waals surface area contributed by atoms with Gasteiger partial charge in [0, 0.05) is 33.1 Å². The van der Waals surface area contributed by atoms with Crippen LogP contribution in [0, 0.1) is 11.6 Å². The van der Waals surface area contributed by atoms with E-state index in [1.54, 1.807) is 6.92 Å². The van der Waals surface area contributed by atoms with Crippen LogP contribution in [0.2, 0.25) is 0 Å². The van der Waals surface area contributed by atoms with E-state index in [1.165, 1.54) is 17.2 Å². The molecule has 3 N–H and O–H groups in total. The summed E-state index contributed by atoms with van der Waals surface area (Å²) in [6, 6.07) is 3.31. The summed E-state index contributed by atoms with van der Waals surface area (Å²) in [6.45, 7) is 5.27. The Morgan fingerprint density at radius 2 is 1.88 bits per heavy atom. The summed E-state index contributed by atoms with van der Waals surface area (Å²) in [5, 5.41) is 0. The van der Waals surface area contributed by atoms with Crippen molar-refractivity contribution in [1.29, 1.82) is 0 Å². The van der Waals surface area contributed by atoms with Gasteiger partial charge >= 0.3 is 0 Å². The molecular formula is C19H24F2N3O2+. The Morgan fingerprint density at radius 3 is 2.50 bits per heavy atom. The molecule has 0 aromatic heterocycles. The SMILES string of the molecule is CC(=O)N1CC2=C(C1)CN([C@H]1C[OH+][C@H](c3cc(F)ccc3F)[C@@H](N)C1)C2. The molecule has 0 aliphatic carbocycles. The van der Waals surface area contributed by atoms with Crippen molar-refractivity contribution in [3.63, 3.8) is 0 Å². The average molecular weight is 364 g/mol. The summed E-state index contributed by atoms with van der Waals surface area (Å²) in [5.41, 5.74) is 9.19. The molecular weight excluding hydrogens is 340 g/mol. The second kappa shape index (κ2) is 6.72. The van der Waals surface area contributed by atoms with Gasteiger partial charge in [0.2, 0.25) is 5.91 Å². The first-order valence-corrected chi connectivity index (χ1v) is 8.99. The molecule has 3 atom stereocenters. The van der Waals surface area contributed by atoms with Gasteiger partial charge in [-0.2, -0.15) is 0 Å². The number of benzene rings is 1. The zero-order chi connectivity index (χ0) is 18.4. The highest BCUT2D eigenvalue weighted by Crippen LogP contribution is 2.33. The quantitative estimate of drug-likeness (QED) is 0.632. The van der Waals surface area contributed by atoms with Gasteiger partial charge in [-0.3, -0.25) is 9.69 Å². The number of hydrogen-bond donors (Lipinski definition) is 1. The van der Waals surface area contributed by atoms with Crippen LogP contribution in [0.3, 0.4) is 0 Å². The lowest BCUT2D eigenvalue weighted by Gasteiger charge is -2.36. The Morgan fingerprint density at radius 1 is 1.19 bits per heavy atom. The maximum atomic E-state index is 14.1. The molecule has 1 fully saturated rings. The van der Waals surface area contributed by atoms with Crippen molar-refractivity contribution in [3.8, 4) is 0 Å². The van der Waals surface area contributed by atoms with Crippen molar-refractivity contribution >= 4 is 5.91 Å². The third-order valence-corrected chi connectivity index (χ3v) is 5.75. The molecule has 1 amide bonds. The van der Waals surface area contributed by atoms with Crippen LogP contribution in [-0.2, 0) is 4.79 Å². The number of nitrogens with zero attached hydrogens (tertiary/aromatic N) is 2. The fraction of sp³-hybridized carbons (Fsp3) is 0.526. The first-order valence-electron chi connectivity index (χ1n) is 8.99. The summed E-state index contributed by atoms with van der Waals surface area (Å²) in [5.74, 6) is -0.818. The number of rotatable bonds is 2. The molecule has 4 rings (SSSR count). The molecule has 0 unspecified atom stereocenters. The maximum absolute atomic E-state index is 14.1. The smallest absolute Gasteiger partial charge is 0.220 e. The molecule has 3 aliphatic heterocycles. The second-order valence-corrected chi connectivity index (χ2v) is 7.52. The molecule has 0 bridgehead atoms.